The Bertz CT molecular complexity index is 1080. The number of carbonyl (C=O) groups excluding carboxylic acids is 2. The van der Waals surface area contributed by atoms with Crippen LogP contribution in [0, 0.1) is 6.92 Å². The zero-order valence-electron chi connectivity index (χ0n) is 19.4. The number of nitrogens with zero attached hydrogens (tertiary/aromatic N) is 1. The Morgan fingerprint density at radius 3 is 2.38 bits per heavy atom. The van der Waals surface area contributed by atoms with Crippen molar-refractivity contribution in [3.05, 3.63) is 95.6 Å². The predicted octanol–water partition coefficient (Wildman–Crippen LogP) is 4.88. The molecule has 34 heavy (non-hydrogen) atoms. The second kappa shape index (κ2) is 13.2. The lowest BCUT2D eigenvalue weighted by molar-refractivity contribution is -0.123. The van der Waals surface area contributed by atoms with Gasteiger partial charge in [-0.05, 0) is 61.4 Å². The maximum Gasteiger partial charge on any atom is 0.258 e. The van der Waals surface area contributed by atoms with Gasteiger partial charge in [0.05, 0.1) is 12.3 Å². The topological polar surface area (TPSA) is 79.8 Å². The fraction of sp³-hybridized carbons (Fsp3) is 0.222. The normalized spacial score (nSPS) is 11.7. The third-order valence-corrected chi connectivity index (χ3v) is 5.96. The van der Waals surface area contributed by atoms with Crippen molar-refractivity contribution in [1.29, 1.82) is 0 Å². The van der Waals surface area contributed by atoms with Gasteiger partial charge in [0, 0.05) is 17.1 Å². The third-order valence-electron chi connectivity index (χ3n) is 4.95. The summed E-state index contributed by atoms with van der Waals surface area (Å²) in [5.41, 5.74) is 5.61. The highest BCUT2D eigenvalue weighted by Crippen LogP contribution is 2.19. The van der Waals surface area contributed by atoms with E-state index >= 15 is 0 Å². The Morgan fingerprint density at radius 1 is 0.971 bits per heavy atom. The van der Waals surface area contributed by atoms with Gasteiger partial charge in [-0.1, -0.05) is 48.0 Å². The number of aryl methyl sites for hydroxylation is 1. The van der Waals surface area contributed by atoms with E-state index in [2.05, 4.69) is 40.1 Å². The number of benzene rings is 3. The van der Waals surface area contributed by atoms with Crippen LogP contribution in [0.4, 0.5) is 0 Å². The molecule has 176 valence electrons. The van der Waals surface area contributed by atoms with E-state index in [1.54, 1.807) is 30.1 Å². The second-order valence-corrected chi connectivity index (χ2v) is 8.93. The lowest BCUT2D eigenvalue weighted by Crippen LogP contribution is -2.31. The Balaban J connectivity index is 1.34. The molecule has 0 saturated carbocycles. The molecule has 6 nitrogen and oxygen atoms in total. The van der Waals surface area contributed by atoms with E-state index in [9.17, 15) is 9.59 Å². The SMILES string of the molecule is Cc1ccc(SCCC(=O)NN=Cc2ccc(OCC(=O)NC(C)c3ccccc3)cc2)cc1. The minimum Gasteiger partial charge on any atom is -0.484 e. The highest BCUT2D eigenvalue weighted by molar-refractivity contribution is 7.99. The molecule has 1 atom stereocenters. The summed E-state index contributed by atoms with van der Waals surface area (Å²) in [4.78, 5) is 25.2. The van der Waals surface area contributed by atoms with Crippen LogP contribution in [0.2, 0.25) is 0 Å². The fourth-order valence-electron chi connectivity index (χ4n) is 3.04. The van der Waals surface area contributed by atoms with Gasteiger partial charge in [-0.3, -0.25) is 9.59 Å². The average molecular weight is 476 g/mol. The van der Waals surface area contributed by atoms with Crippen LogP contribution in [0.15, 0.2) is 88.9 Å². The van der Waals surface area contributed by atoms with Gasteiger partial charge in [0.1, 0.15) is 5.75 Å². The molecule has 3 aromatic rings. The summed E-state index contributed by atoms with van der Waals surface area (Å²) in [6, 6.07) is 25.0. The van der Waals surface area contributed by atoms with Crippen molar-refractivity contribution in [1.82, 2.24) is 10.7 Å². The molecule has 3 rings (SSSR count). The first kappa shape index (κ1) is 25.1. The molecule has 3 aromatic carbocycles. The number of hydrazone groups is 1. The lowest BCUT2D eigenvalue weighted by atomic mass is 10.1. The molecule has 7 heteroatoms. The molecular weight excluding hydrogens is 446 g/mol. The summed E-state index contributed by atoms with van der Waals surface area (Å²) in [5, 5.41) is 6.92. The van der Waals surface area contributed by atoms with Crippen LogP contribution in [0.3, 0.4) is 0 Å². The number of hydrogen-bond donors (Lipinski definition) is 2. The van der Waals surface area contributed by atoms with Gasteiger partial charge in [0.15, 0.2) is 6.61 Å². The van der Waals surface area contributed by atoms with Crippen LogP contribution < -0.4 is 15.5 Å². The predicted molar refractivity (Wildman–Crippen MR) is 137 cm³/mol. The van der Waals surface area contributed by atoms with Crippen LogP contribution >= 0.6 is 11.8 Å². The summed E-state index contributed by atoms with van der Waals surface area (Å²) in [6.07, 6.45) is 1.96. The smallest absolute Gasteiger partial charge is 0.258 e. The summed E-state index contributed by atoms with van der Waals surface area (Å²) in [5.74, 6) is 0.947. The first-order valence-electron chi connectivity index (χ1n) is 11.1. The van der Waals surface area contributed by atoms with Gasteiger partial charge >= 0.3 is 0 Å². The van der Waals surface area contributed by atoms with Crippen LogP contribution in [0.25, 0.3) is 0 Å². The number of carbonyl (C=O) groups is 2. The largest absolute Gasteiger partial charge is 0.484 e. The number of ether oxygens (including phenoxy) is 1. The minimum absolute atomic E-state index is 0.0682. The van der Waals surface area contributed by atoms with Crippen molar-refractivity contribution in [2.45, 2.75) is 31.2 Å². The highest BCUT2D eigenvalue weighted by Gasteiger charge is 2.09. The first-order valence-corrected chi connectivity index (χ1v) is 12.1. The van der Waals surface area contributed by atoms with Gasteiger partial charge in [0.25, 0.3) is 5.91 Å². The standard InChI is InChI=1S/C27H29N3O3S/c1-20-8-14-25(15-9-20)34-17-16-26(31)30-28-18-22-10-12-24(13-11-22)33-19-27(32)29-21(2)23-6-4-3-5-7-23/h3-15,18,21H,16-17,19H2,1-2H3,(H,29,32)(H,30,31). The van der Waals surface area contributed by atoms with E-state index < -0.39 is 0 Å². The van der Waals surface area contributed by atoms with Crippen molar-refractivity contribution in [3.63, 3.8) is 0 Å². The molecule has 0 aliphatic carbocycles. The van der Waals surface area contributed by atoms with Crippen molar-refractivity contribution in [2.24, 2.45) is 5.10 Å². The third kappa shape index (κ3) is 8.75. The van der Waals surface area contributed by atoms with Crippen molar-refractivity contribution in [2.75, 3.05) is 12.4 Å². The molecule has 0 aromatic heterocycles. The van der Waals surface area contributed by atoms with Crippen LogP contribution in [-0.4, -0.2) is 30.4 Å². The van der Waals surface area contributed by atoms with Crippen LogP contribution in [0.5, 0.6) is 5.75 Å². The molecule has 0 spiro atoms. The molecule has 1 unspecified atom stereocenters. The quantitative estimate of drug-likeness (QED) is 0.235. The molecule has 2 amide bonds. The van der Waals surface area contributed by atoms with Gasteiger partial charge in [-0.15, -0.1) is 11.8 Å². The molecule has 0 fully saturated rings. The minimum atomic E-state index is -0.190. The number of nitrogens with one attached hydrogen (secondary N) is 2. The number of rotatable bonds is 11. The van der Waals surface area contributed by atoms with Crippen molar-refractivity contribution in [3.8, 4) is 5.75 Å². The number of amides is 2. The van der Waals surface area contributed by atoms with E-state index in [-0.39, 0.29) is 24.5 Å². The monoisotopic (exact) mass is 475 g/mol. The first-order chi connectivity index (χ1) is 16.5. The van der Waals surface area contributed by atoms with Gasteiger partial charge < -0.3 is 10.1 Å². The van der Waals surface area contributed by atoms with E-state index in [1.165, 1.54) is 5.56 Å². The maximum absolute atomic E-state index is 12.1. The van der Waals surface area contributed by atoms with Crippen molar-refractivity contribution < 1.29 is 14.3 Å². The summed E-state index contributed by atoms with van der Waals surface area (Å²) < 4.78 is 5.56. The molecular formula is C27H29N3O3S. The zero-order chi connectivity index (χ0) is 24.2. The number of thioether (sulfide) groups is 1. The fourth-order valence-corrected chi connectivity index (χ4v) is 3.89. The second-order valence-electron chi connectivity index (χ2n) is 7.76. The zero-order valence-corrected chi connectivity index (χ0v) is 20.2. The van der Waals surface area contributed by atoms with E-state index in [0.29, 0.717) is 17.9 Å². The lowest BCUT2D eigenvalue weighted by Gasteiger charge is -2.14. The molecule has 0 aliphatic rings. The molecule has 0 bridgehead atoms. The Labute approximate surface area is 204 Å². The van der Waals surface area contributed by atoms with E-state index in [0.717, 1.165) is 16.0 Å². The van der Waals surface area contributed by atoms with Crippen LogP contribution in [-0.2, 0) is 9.59 Å². The van der Waals surface area contributed by atoms with E-state index in [4.69, 9.17) is 4.74 Å². The average Bonchev–Trinajstić information content (AvgIpc) is 2.85. The molecule has 2 N–H and O–H groups in total. The van der Waals surface area contributed by atoms with Gasteiger partial charge in [-0.2, -0.15) is 5.10 Å². The van der Waals surface area contributed by atoms with Crippen molar-refractivity contribution >= 4 is 29.8 Å². The van der Waals surface area contributed by atoms with E-state index in [1.807, 2.05) is 56.3 Å². The molecule has 0 heterocycles. The summed E-state index contributed by atoms with van der Waals surface area (Å²) in [7, 11) is 0. The van der Waals surface area contributed by atoms with Crippen LogP contribution in [0.1, 0.15) is 36.1 Å². The molecule has 0 radical (unpaired) electrons. The Hall–Kier alpha value is -3.58. The number of hydrogen-bond acceptors (Lipinski definition) is 5. The Kier molecular flexibility index (Phi) is 9.73. The van der Waals surface area contributed by atoms with Gasteiger partial charge in [-0.25, -0.2) is 5.43 Å². The summed E-state index contributed by atoms with van der Waals surface area (Å²) >= 11 is 1.64. The Morgan fingerprint density at radius 2 is 1.68 bits per heavy atom. The molecule has 0 saturated heterocycles. The maximum atomic E-state index is 12.1. The highest BCUT2D eigenvalue weighted by atomic mass is 32.2. The van der Waals surface area contributed by atoms with Gasteiger partial charge in [0.2, 0.25) is 5.91 Å². The molecule has 0 aliphatic heterocycles. The summed E-state index contributed by atoms with van der Waals surface area (Å²) in [6.45, 7) is 3.91.